The van der Waals surface area contributed by atoms with Gasteiger partial charge in [-0.05, 0) is 73.2 Å². The number of carbonyl (C=O) groups excluding carboxylic acids is 1. The molecule has 1 fully saturated rings. The standard InChI is InChI=1S/C23H25ClN2O2/c1-25-11-9-14-12-18(24)21(27)13-17(14)23-16-4-2-5-19(15(16)7-8-20(23)25)26-10-3-6-22(26)28/h2,4-5,12-13,20,23,27H,3,6-11H2,1H3/t20-,23?/m0/s1. The van der Waals surface area contributed by atoms with E-state index in [-0.39, 0.29) is 17.6 Å². The van der Waals surface area contributed by atoms with Gasteiger partial charge in [-0.2, -0.15) is 0 Å². The smallest absolute Gasteiger partial charge is 0.227 e. The maximum absolute atomic E-state index is 12.4. The Kier molecular flexibility index (Phi) is 4.37. The third-order valence-corrected chi connectivity index (χ3v) is 7.11. The van der Waals surface area contributed by atoms with E-state index in [2.05, 4.69) is 30.1 Å². The van der Waals surface area contributed by atoms with Crippen LogP contribution in [0.15, 0.2) is 30.3 Å². The highest BCUT2D eigenvalue weighted by Crippen LogP contribution is 2.46. The number of aromatic hydroxyl groups is 1. The summed E-state index contributed by atoms with van der Waals surface area (Å²) in [6.07, 6.45) is 4.55. The van der Waals surface area contributed by atoms with Crippen molar-refractivity contribution in [3.05, 3.63) is 57.6 Å². The molecule has 2 aliphatic heterocycles. The number of nitrogens with zero attached hydrogens (tertiary/aromatic N) is 2. The lowest BCUT2D eigenvalue weighted by molar-refractivity contribution is -0.117. The molecule has 1 saturated heterocycles. The summed E-state index contributed by atoms with van der Waals surface area (Å²) in [5, 5.41) is 10.8. The Labute approximate surface area is 170 Å². The van der Waals surface area contributed by atoms with Crippen molar-refractivity contribution in [3.63, 3.8) is 0 Å². The first-order valence-electron chi connectivity index (χ1n) is 10.2. The number of hydrogen-bond donors (Lipinski definition) is 1. The normalized spacial score (nSPS) is 24.5. The minimum absolute atomic E-state index is 0.154. The van der Waals surface area contributed by atoms with E-state index in [0.29, 0.717) is 17.5 Å². The van der Waals surface area contributed by atoms with Crippen molar-refractivity contribution in [1.29, 1.82) is 0 Å². The highest BCUT2D eigenvalue weighted by molar-refractivity contribution is 6.32. The molecule has 5 heteroatoms. The second-order valence-corrected chi connectivity index (χ2v) is 8.72. The van der Waals surface area contributed by atoms with Gasteiger partial charge in [0.15, 0.2) is 0 Å². The molecule has 2 atom stereocenters. The van der Waals surface area contributed by atoms with Crippen LogP contribution in [0.3, 0.4) is 0 Å². The van der Waals surface area contributed by atoms with Gasteiger partial charge in [0.05, 0.1) is 5.02 Å². The summed E-state index contributed by atoms with van der Waals surface area (Å²) < 4.78 is 0. The molecule has 2 aromatic carbocycles. The highest BCUT2D eigenvalue weighted by Gasteiger charge is 2.38. The van der Waals surface area contributed by atoms with Gasteiger partial charge in [0.2, 0.25) is 5.91 Å². The molecule has 3 aliphatic rings. The number of anilines is 1. The summed E-state index contributed by atoms with van der Waals surface area (Å²) in [4.78, 5) is 16.8. The molecule has 0 bridgehead atoms. The summed E-state index contributed by atoms with van der Waals surface area (Å²) in [6.45, 7) is 1.80. The van der Waals surface area contributed by atoms with E-state index in [1.165, 1.54) is 22.3 Å². The van der Waals surface area contributed by atoms with Gasteiger partial charge in [-0.25, -0.2) is 0 Å². The van der Waals surface area contributed by atoms with Crippen molar-refractivity contribution in [3.8, 4) is 5.75 Å². The molecule has 0 radical (unpaired) electrons. The molecular weight excluding hydrogens is 372 g/mol. The number of phenolic OH excluding ortho intramolecular Hbond substituents is 1. The number of phenols is 1. The Hall–Kier alpha value is -2.04. The van der Waals surface area contributed by atoms with E-state index in [4.69, 9.17) is 11.6 Å². The van der Waals surface area contributed by atoms with Gasteiger partial charge in [0.1, 0.15) is 5.75 Å². The Morgan fingerprint density at radius 2 is 1.96 bits per heavy atom. The van der Waals surface area contributed by atoms with Crippen LogP contribution in [0.25, 0.3) is 0 Å². The fraction of sp³-hybridized carbons (Fsp3) is 0.435. The maximum atomic E-state index is 12.4. The quantitative estimate of drug-likeness (QED) is 0.789. The van der Waals surface area contributed by atoms with Crippen LogP contribution in [0.1, 0.15) is 47.4 Å². The third-order valence-electron chi connectivity index (χ3n) is 6.81. The Balaban J connectivity index is 1.69. The van der Waals surface area contributed by atoms with Crippen LogP contribution >= 0.6 is 11.6 Å². The molecule has 0 spiro atoms. The van der Waals surface area contributed by atoms with E-state index in [0.717, 1.165) is 44.5 Å². The largest absolute Gasteiger partial charge is 0.506 e. The van der Waals surface area contributed by atoms with E-state index in [9.17, 15) is 9.90 Å². The zero-order chi connectivity index (χ0) is 19.4. The summed E-state index contributed by atoms with van der Waals surface area (Å²) in [6, 6.07) is 10.6. The fourth-order valence-electron chi connectivity index (χ4n) is 5.42. The molecule has 28 heavy (non-hydrogen) atoms. The second-order valence-electron chi connectivity index (χ2n) is 8.31. The molecule has 1 unspecified atom stereocenters. The van der Waals surface area contributed by atoms with Crippen molar-refractivity contribution in [2.75, 3.05) is 25.0 Å². The lowest BCUT2D eigenvalue weighted by atomic mass is 9.74. The van der Waals surface area contributed by atoms with Gasteiger partial charge < -0.3 is 14.9 Å². The number of fused-ring (bicyclic) bond motifs is 5. The topological polar surface area (TPSA) is 43.8 Å². The molecule has 1 aliphatic carbocycles. The number of halogens is 1. The molecule has 0 aromatic heterocycles. The third kappa shape index (κ3) is 2.73. The van der Waals surface area contributed by atoms with Crippen molar-refractivity contribution in [1.82, 2.24) is 4.90 Å². The number of carbonyl (C=O) groups is 1. The van der Waals surface area contributed by atoms with Crippen LogP contribution in [0.5, 0.6) is 5.75 Å². The van der Waals surface area contributed by atoms with Crippen LogP contribution in [-0.4, -0.2) is 42.1 Å². The average Bonchev–Trinajstić information content (AvgIpc) is 3.07. The SMILES string of the molecule is CN1CCc2cc(Cl)c(O)cc2C2c3cccc(N4CCCC4=O)c3CC[C@@H]21. The maximum Gasteiger partial charge on any atom is 0.227 e. The lowest BCUT2D eigenvalue weighted by Crippen LogP contribution is -2.40. The Morgan fingerprint density at radius 1 is 1.11 bits per heavy atom. The molecule has 2 heterocycles. The zero-order valence-corrected chi connectivity index (χ0v) is 16.9. The Bertz CT molecular complexity index is 958. The predicted octanol–water partition coefficient (Wildman–Crippen LogP) is 4.11. The summed E-state index contributed by atoms with van der Waals surface area (Å²) >= 11 is 6.23. The first-order chi connectivity index (χ1) is 13.5. The number of hydrogen-bond acceptors (Lipinski definition) is 3. The summed E-state index contributed by atoms with van der Waals surface area (Å²) in [5.74, 6) is 0.576. The van der Waals surface area contributed by atoms with Crippen molar-refractivity contribution in [2.24, 2.45) is 0 Å². The van der Waals surface area contributed by atoms with Crippen LogP contribution < -0.4 is 4.90 Å². The minimum atomic E-state index is 0.154. The highest BCUT2D eigenvalue weighted by atomic mass is 35.5. The molecule has 0 saturated carbocycles. The first-order valence-corrected chi connectivity index (χ1v) is 10.6. The Morgan fingerprint density at radius 3 is 2.75 bits per heavy atom. The van der Waals surface area contributed by atoms with Crippen molar-refractivity contribution >= 4 is 23.2 Å². The van der Waals surface area contributed by atoms with E-state index >= 15 is 0 Å². The molecule has 1 N–H and O–H groups in total. The summed E-state index contributed by atoms with van der Waals surface area (Å²) in [7, 11) is 2.20. The number of benzene rings is 2. The van der Waals surface area contributed by atoms with E-state index in [1.54, 1.807) is 0 Å². The van der Waals surface area contributed by atoms with E-state index in [1.807, 2.05) is 17.0 Å². The van der Waals surface area contributed by atoms with Crippen molar-refractivity contribution < 1.29 is 9.90 Å². The first kappa shape index (κ1) is 18.0. The molecule has 2 aromatic rings. The average molecular weight is 397 g/mol. The van der Waals surface area contributed by atoms with Gasteiger partial charge in [-0.15, -0.1) is 0 Å². The van der Waals surface area contributed by atoms with Crippen LogP contribution in [-0.2, 0) is 17.6 Å². The van der Waals surface area contributed by atoms with Gasteiger partial charge in [0.25, 0.3) is 0 Å². The van der Waals surface area contributed by atoms with Gasteiger partial charge in [-0.1, -0.05) is 23.7 Å². The zero-order valence-electron chi connectivity index (χ0n) is 16.1. The number of rotatable bonds is 1. The number of likely N-dealkylation sites (N-methyl/N-ethyl adjacent to an activating group) is 1. The molecule has 146 valence electrons. The molecule has 5 rings (SSSR count). The predicted molar refractivity (Wildman–Crippen MR) is 111 cm³/mol. The number of amides is 1. The molecular formula is C23H25ClN2O2. The minimum Gasteiger partial charge on any atom is -0.506 e. The second kappa shape index (κ2) is 6.78. The van der Waals surface area contributed by atoms with Crippen LogP contribution in [0, 0.1) is 0 Å². The van der Waals surface area contributed by atoms with Crippen LogP contribution in [0.4, 0.5) is 5.69 Å². The van der Waals surface area contributed by atoms with Crippen LogP contribution in [0.2, 0.25) is 5.02 Å². The van der Waals surface area contributed by atoms with Gasteiger partial charge >= 0.3 is 0 Å². The van der Waals surface area contributed by atoms with E-state index < -0.39 is 0 Å². The molecule has 4 nitrogen and oxygen atoms in total. The van der Waals surface area contributed by atoms with Gasteiger partial charge in [-0.3, -0.25) is 4.79 Å². The monoisotopic (exact) mass is 396 g/mol. The lowest BCUT2D eigenvalue weighted by Gasteiger charge is -2.39. The summed E-state index contributed by atoms with van der Waals surface area (Å²) in [5.41, 5.74) is 6.09. The van der Waals surface area contributed by atoms with Gasteiger partial charge in [0, 0.05) is 37.2 Å². The molecule has 1 amide bonds. The van der Waals surface area contributed by atoms with Crippen molar-refractivity contribution in [2.45, 2.75) is 44.1 Å². The fourth-order valence-corrected chi connectivity index (χ4v) is 5.60.